The van der Waals surface area contributed by atoms with Crippen LogP contribution in [0.1, 0.15) is 37.2 Å². The van der Waals surface area contributed by atoms with Gasteiger partial charge in [-0.2, -0.15) is 0 Å². The molecule has 1 aliphatic rings. The second kappa shape index (κ2) is 5.66. The third-order valence-electron chi connectivity index (χ3n) is 3.66. The number of aliphatic hydroxyl groups is 1. The fourth-order valence-electron chi connectivity index (χ4n) is 2.72. The van der Waals surface area contributed by atoms with Crippen molar-refractivity contribution in [1.29, 1.82) is 0 Å². The predicted molar refractivity (Wildman–Crippen MR) is 70.9 cm³/mol. The van der Waals surface area contributed by atoms with E-state index in [4.69, 9.17) is 0 Å². The monoisotopic (exact) mass is 318 g/mol. The molecule has 0 spiro atoms. The lowest BCUT2D eigenvalue weighted by Crippen LogP contribution is -2.13. The van der Waals surface area contributed by atoms with E-state index in [1.54, 1.807) is 0 Å². The lowest BCUT2D eigenvalue weighted by atomic mass is 9.88. The van der Waals surface area contributed by atoms with Crippen molar-refractivity contribution in [2.45, 2.75) is 37.5 Å². The number of alkyl halides is 2. The number of hydrogen-bond donors (Lipinski definition) is 1. The third kappa shape index (κ3) is 3.51. The van der Waals surface area contributed by atoms with E-state index in [2.05, 4.69) is 15.9 Å². The van der Waals surface area contributed by atoms with E-state index in [0.29, 0.717) is 12.8 Å². The summed E-state index contributed by atoms with van der Waals surface area (Å²) >= 11 is 3.39. The molecular formula is C14H17BrF2O. The van der Waals surface area contributed by atoms with Crippen molar-refractivity contribution in [1.82, 2.24) is 0 Å². The van der Waals surface area contributed by atoms with Crippen molar-refractivity contribution in [2.24, 2.45) is 5.92 Å². The van der Waals surface area contributed by atoms with Crippen LogP contribution in [0.3, 0.4) is 0 Å². The second-order valence-electron chi connectivity index (χ2n) is 5.13. The van der Waals surface area contributed by atoms with E-state index in [0.717, 1.165) is 10.0 Å². The van der Waals surface area contributed by atoms with E-state index in [9.17, 15) is 13.9 Å². The van der Waals surface area contributed by atoms with Crippen molar-refractivity contribution in [3.63, 3.8) is 0 Å². The molecule has 0 aliphatic heterocycles. The van der Waals surface area contributed by atoms with Gasteiger partial charge in [0.25, 0.3) is 0 Å². The van der Waals surface area contributed by atoms with Gasteiger partial charge in [-0.1, -0.05) is 28.1 Å². The first kappa shape index (κ1) is 13.9. The number of benzene rings is 1. The van der Waals surface area contributed by atoms with Crippen LogP contribution in [0.25, 0.3) is 0 Å². The molecule has 4 heteroatoms. The smallest absolute Gasteiger partial charge is 0.248 e. The molecule has 0 bridgehead atoms. The maximum Gasteiger partial charge on any atom is 0.248 e. The van der Waals surface area contributed by atoms with Gasteiger partial charge in [0.15, 0.2) is 0 Å². The number of hydrogen-bond acceptors (Lipinski definition) is 1. The molecule has 1 nitrogen and oxygen atoms in total. The molecule has 1 aliphatic carbocycles. The first-order valence-corrected chi connectivity index (χ1v) is 7.03. The van der Waals surface area contributed by atoms with E-state index in [-0.39, 0.29) is 31.3 Å². The number of aliphatic hydroxyl groups excluding tert-OH is 1. The van der Waals surface area contributed by atoms with Crippen molar-refractivity contribution < 1.29 is 13.9 Å². The van der Waals surface area contributed by atoms with Crippen molar-refractivity contribution >= 4 is 15.9 Å². The van der Waals surface area contributed by atoms with Crippen LogP contribution >= 0.6 is 15.9 Å². The highest BCUT2D eigenvalue weighted by Crippen LogP contribution is 2.42. The van der Waals surface area contributed by atoms with Gasteiger partial charge in [-0.05, 0) is 36.5 Å². The van der Waals surface area contributed by atoms with Gasteiger partial charge in [0.2, 0.25) is 5.92 Å². The Morgan fingerprint density at radius 3 is 2.78 bits per heavy atom. The minimum Gasteiger partial charge on any atom is -0.396 e. The molecule has 18 heavy (non-hydrogen) atoms. The molecule has 0 saturated heterocycles. The highest BCUT2D eigenvalue weighted by Gasteiger charge is 2.39. The Morgan fingerprint density at radius 2 is 2.22 bits per heavy atom. The van der Waals surface area contributed by atoms with Gasteiger partial charge >= 0.3 is 0 Å². The molecule has 0 aromatic heterocycles. The lowest BCUT2D eigenvalue weighted by molar-refractivity contribution is 0.00416. The average molecular weight is 319 g/mol. The van der Waals surface area contributed by atoms with Crippen LogP contribution in [0.4, 0.5) is 8.78 Å². The van der Waals surface area contributed by atoms with Gasteiger partial charge in [0.05, 0.1) is 0 Å². The van der Waals surface area contributed by atoms with Crippen LogP contribution in [0.2, 0.25) is 0 Å². The first-order chi connectivity index (χ1) is 8.50. The molecule has 100 valence electrons. The van der Waals surface area contributed by atoms with E-state index in [1.165, 1.54) is 0 Å². The predicted octanol–water partition coefficient (Wildman–Crippen LogP) is 4.35. The lowest BCUT2D eigenvalue weighted by Gasteiger charge is -2.19. The SMILES string of the molecule is OCC(CC1CCC(F)(F)C1)c1cccc(Br)c1. The first-order valence-electron chi connectivity index (χ1n) is 6.24. The van der Waals surface area contributed by atoms with Crippen molar-refractivity contribution in [2.75, 3.05) is 6.61 Å². The molecule has 2 rings (SSSR count). The maximum atomic E-state index is 13.1. The third-order valence-corrected chi connectivity index (χ3v) is 4.16. The minimum absolute atomic E-state index is 0.00566. The van der Waals surface area contributed by atoms with Crippen LogP contribution in [0.5, 0.6) is 0 Å². The summed E-state index contributed by atoms with van der Waals surface area (Å²) < 4.78 is 27.2. The Hall–Kier alpha value is -0.480. The molecule has 0 amide bonds. The van der Waals surface area contributed by atoms with Crippen molar-refractivity contribution in [3.8, 4) is 0 Å². The van der Waals surface area contributed by atoms with Crippen LogP contribution in [0.15, 0.2) is 28.7 Å². The van der Waals surface area contributed by atoms with Crippen LogP contribution < -0.4 is 0 Å². The number of rotatable bonds is 4. The summed E-state index contributed by atoms with van der Waals surface area (Å²) in [7, 11) is 0. The molecule has 1 saturated carbocycles. The fourth-order valence-corrected chi connectivity index (χ4v) is 3.14. The Kier molecular flexibility index (Phi) is 4.38. The quantitative estimate of drug-likeness (QED) is 0.875. The number of halogens is 3. The van der Waals surface area contributed by atoms with Gasteiger partial charge in [-0.3, -0.25) is 0 Å². The Balaban J connectivity index is 2.02. The highest BCUT2D eigenvalue weighted by atomic mass is 79.9. The van der Waals surface area contributed by atoms with Gasteiger partial charge in [0.1, 0.15) is 0 Å². The zero-order chi connectivity index (χ0) is 13.2. The summed E-state index contributed by atoms with van der Waals surface area (Å²) in [5.74, 6) is -2.51. The molecule has 2 unspecified atom stereocenters. The topological polar surface area (TPSA) is 20.2 Å². The largest absolute Gasteiger partial charge is 0.396 e. The summed E-state index contributed by atoms with van der Waals surface area (Å²) in [4.78, 5) is 0. The Bertz CT molecular complexity index is 409. The molecule has 0 heterocycles. The fraction of sp³-hybridized carbons (Fsp3) is 0.571. The normalized spacial score (nSPS) is 24.1. The Labute approximate surface area is 114 Å². The molecular weight excluding hydrogens is 302 g/mol. The summed E-state index contributed by atoms with van der Waals surface area (Å²) in [6.07, 6.45) is 1.17. The zero-order valence-electron chi connectivity index (χ0n) is 10.1. The maximum absolute atomic E-state index is 13.1. The Morgan fingerprint density at radius 1 is 1.44 bits per heavy atom. The summed E-state index contributed by atoms with van der Waals surface area (Å²) in [5, 5.41) is 9.46. The molecule has 1 fully saturated rings. The van der Waals surface area contributed by atoms with Crippen LogP contribution in [-0.4, -0.2) is 17.6 Å². The van der Waals surface area contributed by atoms with Gasteiger partial charge < -0.3 is 5.11 Å². The summed E-state index contributed by atoms with van der Waals surface area (Å²) in [6.45, 7) is 0.0124. The second-order valence-corrected chi connectivity index (χ2v) is 6.05. The summed E-state index contributed by atoms with van der Waals surface area (Å²) in [6, 6.07) is 7.72. The van der Waals surface area contributed by atoms with Gasteiger partial charge in [-0.25, -0.2) is 8.78 Å². The standard InChI is InChI=1S/C14H17BrF2O/c15-13-3-1-2-11(7-13)12(9-18)6-10-4-5-14(16,17)8-10/h1-3,7,10,12,18H,4-6,8-9H2. The molecule has 0 radical (unpaired) electrons. The molecule has 1 N–H and O–H groups in total. The van der Waals surface area contributed by atoms with E-state index < -0.39 is 5.92 Å². The minimum atomic E-state index is -2.50. The van der Waals surface area contributed by atoms with Crippen LogP contribution in [-0.2, 0) is 0 Å². The van der Waals surface area contributed by atoms with Gasteiger partial charge in [0, 0.05) is 29.8 Å². The molecule has 1 aromatic carbocycles. The highest BCUT2D eigenvalue weighted by molar-refractivity contribution is 9.10. The average Bonchev–Trinajstić information content (AvgIpc) is 2.65. The van der Waals surface area contributed by atoms with Crippen LogP contribution in [0, 0.1) is 5.92 Å². The zero-order valence-corrected chi connectivity index (χ0v) is 11.7. The van der Waals surface area contributed by atoms with Crippen molar-refractivity contribution in [3.05, 3.63) is 34.3 Å². The summed E-state index contributed by atoms with van der Waals surface area (Å²) in [5.41, 5.74) is 1.02. The molecule has 1 aromatic rings. The molecule has 2 atom stereocenters. The van der Waals surface area contributed by atoms with E-state index >= 15 is 0 Å². The van der Waals surface area contributed by atoms with Gasteiger partial charge in [-0.15, -0.1) is 0 Å². The van der Waals surface area contributed by atoms with E-state index in [1.807, 2.05) is 24.3 Å².